The second-order valence-electron chi connectivity index (χ2n) is 8.95. The number of amides is 3. The standard InChI is InChI=1S/C26H26Cl2N6O5S/c1-3-22(35)30-17-6-4-7-18(14-17)40(38,39)34-12-10-16(11-13-34)31-26(37)24-21(15-29-33(24)2)32-25(36)23-19(27)8-5-9-20(23)28/h3-9,14-16H,1,10-13H2,2H3,(H,30,35)(H,31,37)(H,32,36). The minimum absolute atomic E-state index is 0.0470. The molecule has 2 aromatic carbocycles. The Morgan fingerprint density at radius 2 is 1.68 bits per heavy atom. The van der Waals surface area contributed by atoms with Crippen LogP contribution >= 0.6 is 23.2 Å². The largest absolute Gasteiger partial charge is 0.348 e. The molecule has 0 saturated carbocycles. The fraction of sp³-hybridized carbons (Fsp3) is 0.231. The minimum atomic E-state index is -3.82. The van der Waals surface area contributed by atoms with E-state index >= 15 is 0 Å². The van der Waals surface area contributed by atoms with Crippen LogP contribution in [0, 0.1) is 0 Å². The molecule has 210 valence electrons. The first-order chi connectivity index (χ1) is 19.0. The summed E-state index contributed by atoms with van der Waals surface area (Å²) >= 11 is 12.3. The van der Waals surface area contributed by atoms with E-state index in [1.165, 1.54) is 39.4 Å². The number of nitrogens with one attached hydrogen (secondary N) is 3. The first-order valence-corrected chi connectivity index (χ1v) is 14.3. The van der Waals surface area contributed by atoms with E-state index in [0.29, 0.717) is 18.5 Å². The Labute approximate surface area is 241 Å². The van der Waals surface area contributed by atoms with Gasteiger partial charge in [0.25, 0.3) is 11.8 Å². The van der Waals surface area contributed by atoms with Crippen molar-refractivity contribution >= 4 is 62.3 Å². The van der Waals surface area contributed by atoms with E-state index in [4.69, 9.17) is 23.2 Å². The third kappa shape index (κ3) is 6.36. The molecule has 14 heteroatoms. The first kappa shape index (κ1) is 29.3. The van der Waals surface area contributed by atoms with Crippen molar-refractivity contribution in [2.24, 2.45) is 7.05 Å². The molecule has 3 amide bonds. The number of carbonyl (C=O) groups is 3. The normalized spacial score (nSPS) is 14.4. The highest BCUT2D eigenvalue weighted by molar-refractivity contribution is 7.89. The average Bonchev–Trinajstić information content (AvgIpc) is 3.28. The van der Waals surface area contributed by atoms with Crippen LogP contribution in [0.5, 0.6) is 0 Å². The van der Waals surface area contributed by atoms with Crippen molar-refractivity contribution in [3.8, 4) is 0 Å². The van der Waals surface area contributed by atoms with Gasteiger partial charge in [0.1, 0.15) is 5.69 Å². The molecule has 3 N–H and O–H groups in total. The number of halogens is 2. The highest BCUT2D eigenvalue weighted by atomic mass is 35.5. The molecule has 3 aromatic rings. The molecule has 11 nitrogen and oxygen atoms in total. The zero-order valence-electron chi connectivity index (χ0n) is 21.4. The van der Waals surface area contributed by atoms with Crippen molar-refractivity contribution in [3.63, 3.8) is 0 Å². The highest BCUT2D eigenvalue weighted by Gasteiger charge is 2.31. The van der Waals surface area contributed by atoms with E-state index in [9.17, 15) is 22.8 Å². The lowest BCUT2D eigenvalue weighted by Gasteiger charge is -2.31. The quantitative estimate of drug-likeness (QED) is 0.335. The molecule has 0 aliphatic carbocycles. The lowest BCUT2D eigenvalue weighted by atomic mass is 10.1. The van der Waals surface area contributed by atoms with Gasteiger partial charge in [-0.25, -0.2) is 8.42 Å². The summed E-state index contributed by atoms with van der Waals surface area (Å²) in [5.41, 5.74) is 0.696. The molecule has 1 saturated heterocycles. The third-order valence-corrected chi connectivity index (χ3v) is 8.83. The predicted molar refractivity (Wildman–Crippen MR) is 152 cm³/mol. The smallest absolute Gasteiger partial charge is 0.271 e. The second kappa shape index (κ2) is 12.2. The van der Waals surface area contributed by atoms with E-state index in [2.05, 4.69) is 27.6 Å². The van der Waals surface area contributed by atoms with Crippen LogP contribution in [-0.4, -0.2) is 59.4 Å². The average molecular weight is 606 g/mol. The van der Waals surface area contributed by atoms with Gasteiger partial charge < -0.3 is 16.0 Å². The number of carbonyl (C=O) groups excluding carboxylic acids is 3. The number of anilines is 2. The van der Waals surface area contributed by atoms with Crippen LogP contribution in [0.2, 0.25) is 10.0 Å². The van der Waals surface area contributed by atoms with Crippen LogP contribution < -0.4 is 16.0 Å². The molecular formula is C26H26Cl2N6O5S. The Morgan fingerprint density at radius 1 is 1.02 bits per heavy atom. The molecule has 1 aromatic heterocycles. The summed E-state index contributed by atoms with van der Waals surface area (Å²) in [7, 11) is -2.26. The SMILES string of the molecule is C=CC(=O)Nc1cccc(S(=O)(=O)N2CCC(NC(=O)c3c(NC(=O)c4c(Cl)cccc4Cl)cnn3C)CC2)c1. The van der Waals surface area contributed by atoms with Crippen LogP contribution in [0.15, 0.2) is 66.2 Å². The van der Waals surface area contributed by atoms with Gasteiger partial charge in [-0.15, -0.1) is 0 Å². The molecule has 1 aliphatic rings. The van der Waals surface area contributed by atoms with Gasteiger partial charge in [0.15, 0.2) is 0 Å². The number of sulfonamides is 1. The fourth-order valence-corrected chi connectivity index (χ4v) is 6.35. The number of aromatic nitrogens is 2. The maximum absolute atomic E-state index is 13.2. The predicted octanol–water partition coefficient (Wildman–Crippen LogP) is 3.69. The van der Waals surface area contributed by atoms with Crippen LogP contribution in [0.3, 0.4) is 0 Å². The van der Waals surface area contributed by atoms with Gasteiger partial charge in [0.2, 0.25) is 15.9 Å². The molecule has 4 rings (SSSR count). The Morgan fingerprint density at radius 3 is 2.33 bits per heavy atom. The summed E-state index contributed by atoms with van der Waals surface area (Å²) in [6.45, 7) is 3.74. The van der Waals surface area contributed by atoms with Crippen molar-refractivity contribution in [1.29, 1.82) is 0 Å². The van der Waals surface area contributed by atoms with Gasteiger partial charge in [-0.3, -0.25) is 19.1 Å². The summed E-state index contributed by atoms with van der Waals surface area (Å²) in [6.07, 6.45) is 3.18. The zero-order chi connectivity index (χ0) is 29.0. The number of piperidine rings is 1. The number of hydrogen-bond acceptors (Lipinski definition) is 6. The van der Waals surface area contributed by atoms with Crippen LogP contribution in [0.4, 0.5) is 11.4 Å². The maximum atomic E-state index is 13.2. The van der Waals surface area contributed by atoms with E-state index < -0.39 is 27.7 Å². The van der Waals surface area contributed by atoms with Gasteiger partial charge in [-0.2, -0.15) is 9.40 Å². The van der Waals surface area contributed by atoms with Crippen molar-refractivity contribution in [2.45, 2.75) is 23.8 Å². The van der Waals surface area contributed by atoms with E-state index in [-0.39, 0.29) is 51.0 Å². The Hall–Kier alpha value is -3.71. The van der Waals surface area contributed by atoms with E-state index in [1.807, 2.05) is 0 Å². The Bertz CT molecular complexity index is 1560. The Kier molecular flexibility index (Phi) is 8.94. The van der Waals surface area contributed by atoms with Crippen LogP contribution in [-0.2, 0) is 21.9 Å². The molecule has 1 fully saturated rings. The lowest BCUT2D eigenvalue weighted by molar-refractivity contribution is -0.111. The maximum Gasteiger partial charge on any atom is 0.271 e. The third-order valence-electron chi connectivity index (χ3n) is 6.31. The summed E-state index contributed by atoms with van der Waals surface area (Å²) in [5, 5.41) is 12.5. The minimum Gasteiger partial charge on any atom is -0.348 e. The monoisotopic (exact) mass is 604 g/mol. The van der Waals surface area contributed by atoms with Gasteiger partial charge in [-0.05, 0) is 49.2 Å². The van der Waals surface area contributed by atoms with Gasteiger partial charge >= 0.3 is 0 Å². The van der Waals surface area contributed by atoms with Crippen molar-refractivity contribution < 1.29 is 22.8 Å². The number of nitrogens with zero attached hydrogens (tertiary/aromatic N) is 3. The highest BCUT2D eigenvalue weighted by Crippen LogP contribution is 2.27. The molecule has 0 atom stereocenters. The molecule has 1 aliphatic heterocycles. The fourth-order valence-electron chi connectivity index (χ4n) is 4.27. The van der Waals surface area contributed by atoms with Crippen LogP contribution in [0.25, 0.3) is 0 Å². The molecule has 0 spiro atoms. The number of hydrogen-bond donors (Lipinski definition) is 3. The summed E-state index contributed by atoms with van der Waals surface area (Å²) in [4.78, 5) is 37.6. The van der Waals surface area contributed by atoms with E-state index in [1.54, 1.807) is 25.2 Å². The van der Waals surface area contributed by atoms with Crippen molar-refractivity contribution in [1.82, 2.24) is 19.4 Å². The molecule has 40 heavy (non-hydrogen) atoms. The number of aryl methyl sites for hydroxylation is 1. The summed E-state index contributed by atoms with van der Waals surface area (Å²) in [6, 6.07) is 10.3. The molecule has 2 heterocycles. The van der Waals surface area contributed by atoms with Gasteiger partial charge in [-0.1, -0.05) is 41.9 Å². The summed E-state index contributed by atoms with van der Waals surface area (Å²) in [5.74, 6) is -1.52. The summed E-state index contributed by atoms with van der Waals surface area (Å²) < 4.78 is 29.1. The molecule has 0 radical (unpaired) electrons. The zero-order valence-corrected chi connectivity index (χ0v) is 23.7. The number of benzene rings is 2. The lowest BCUT2D eigenvalue weighted by Crippen LogP contribution is -2.46. The molecule has 0 unspecified atom stereocenters. The molecule has 0 bridgehead atoms. The molecular weight excluding hydrogens is 579 g/mol. The van der Waals surface area contributed by atoms with Crippen molar-refractivity contribution in [3.05, 3.63) is 82.6 Å². The van der Waals surface area contributed by atoms with Crippen LogP contribution in [0.1, 0.15) is 33.7 Å². The van der Waals surface area contributed by atoms with E-state index in [0.717, 1.165) is 6.08 Å². The van der Waals surface area contributed by atoms with Gasteiger partial charge in [0, 0.05) is 31.9 Å². The Balaban J connectivity index is 1.40. The van der Waals surface area contributed by atoms with Gasteiger partial charge in [0.05, 0.1) is 32.4 Å². The first-order valence-electron chi connectivity index (χ1n) is 12.1. The second-order valence-corrected chi connectivity index (χ2v) is 11.7. The topological polar surface area (TPSA) is 142 Å². The number of rotatable bonds is 8. The van der Waals surface area contributed by atoms with Crippen molar-refractivity contribution in [2.75, 3.05) is 23.7 Å².